The van der Waals surface area contributed by atoms with Gasteiger partial charge in [0.2, 0.25) is 5.82 Å². The molecule has 0 spiro atoms. The van der Waals surface area contributed by atoms with Crippen molar-refractivity contribution in [1.29, 1.82) is 0 Å². The first kappa shape index (κ1) is 15.4. The summed E-state index contributed by atoms with van der Waals surface area (Å²) in [4.78, 5) is 9.92. The first-order chi connectivity index (χ1) is 9.70. The monoisotopic (exact) mass is 334 g/mol. The van der Waals surface area contributed by atoms with Crippen molar-refractivity contribution in [3.63, 3.8) is 0 Å². The number of nitrogens with zero attached hydrogens (tertiary/aromatic N) is 4. The van der Waals surface area contributed by atoms with Gasteiger partial charge in [0.05, 0.1) is 6.07 Å². The van der Waals surface area contributed by atoms with Crippen LogP contribution >= 0.6 is 10.7 Å². The molecule has 21 heavy (non-hydrogen) atoms. The van der Waals surface area contributed by atoms with Crippen molar-refractivity contribution in [2.75, 3.05) is 0 Å². The lowest BCUT2D eigenvalue weighted by Crippen LogP contribution is -2.11. The second-order valence-electron chi connectivity index (χ2n) is 4.64. The Morgan fingerprint density at radius 3 is 2.57 bits per heavy atom. The van der Waals surface area contributed by atoms with Gasteiger partial charge in [0, 0.05) is 17.2 Å². The van der Waals surface area contributed by atoms with Gasteiger partial charge in [-0.1, -0.05) is 13.8 Å². The quantitative estimate of drug-likeness (QED) is 0.465. The molecule has 2 aromatic rings. The minimum Gasteiger partial charge on any atom is -0.397 e. The third kappa shape index (κ3) is 3.22. The molecule has 0 atom stereocenters. The van der Waals surface area contributed by atoms with E-state index in [1.54, 1.807) is 0 Å². The highest BCUT2D eigenvalue weighted by Crippen LogP contribution is 2.27. The SMILES string of the molecule is CC(C)Cn1c(-c2ccc([N+](=O)[O-])o2)nnc1S(=O)(=O)Cl. The van der Waals surface area contributed by atoms with Crippen molar-refractivity contribution in [3.05, 3.63) is 22.2 Å². The third-order valence-corrected chi connectivity index (χ3v) is 3.63. The van der Waals surface area contributed by atoms with Gasteiger partial charge < -0.3 is 4.42 Å². The molecule has 9 nitrogen and oxygen atoms in total. The second-order valence-corrected chi connectivity index (χ2v) is 7.10. The molecule has 0 fully saturated rings. The van der Waals surface area contributed by atoms with Crippen LogP contribution in [0.1, 0.15) is 13.8 Å². The molecule has 0 saturated heterocycles. The zero-order chi connectivity index (χ0) is 15.8. The van der Waals surface area contributed by atoms with E-state index < -0.39 is 25.0 Å². The van der Waals surface area contributed by atoms with Gasteiger partial charge in [-0.15, -0.1) is 10.2 Å². The van der Waals surface area contributed by atoms with Crippen molar-refractivity contribution in [3.8, 4) is 11.6 Å². The zero-order valence-corrected chi connectivity index (χ0v) is 12.6. The molecule has 0 N–H and O–H groups in total. The predicted molar refractivity (Wildman–Crippen MR) is 72.3 cm³/mol. The van der Waals surface area contributed by atoms with E-state index in [1.165, 1.54) is 10.6 Å². The summed E-state index contributed by atoms with van der Waals surface area (Å²) in [7, 11) is 1.22. The summed E-state index contributed by atoms with van der Waals surface area (Å²) in [6.45, 7) is 3.98. The Hall–Kier alpha value is -1.94. The van der Waals surface area contributed by atoms with E-state index in [2.05, 4.69) is 10.2 Å². The topological polar surface area (TPSA) is 121 Å². The average Bonchev–Trinajstić information content (AvgIpc) is 2.92. The Morgan fingerprint density at radius 2 is 2.10 bits per heavy atom. The maximum Gasteiger partial charge on any atom is 0.433 e. The first-order valence-electron chi connectivity index (χ1n) is 5.82. The maximum atomic E-state index is 11.5. The molecule has 2 rings (SSSR count). The summed E-state index contributed by atoms with van der Waals surface area (Å²) in [5, 5.41) is 17.4. The number of aromatic nitrogens is 3. The standard InChI is InChI=1S/C10H11ClN4O5S/c1-6(2)5-14-9(12-13-10(14)21(11,18)19)7-3-4-8(20-7)15(16)17/h3-4,6H,5H2,1-2H3. The summed E-state index contributed by atoms with van der Waals surface area (Å²) in [5.74, 6) is -0.293. The van der Waals surface area contributed by atoms with Gasteiger partial charge in [0.25, 0.3) is 14.2 Å². The van der Waals surface area contributed by atoms with E-state index in [1.807, 2.05) is 13.8 Å². The van der Waals surface area contributed by atoms with Crippen LogP contribution in [-0.2, 0) is 15.6 Å². The van der Waals surface area contributed by atoms with Gasteiger partial charge in [0.15, 0.2) is 5.76 Å². The molecule has 11 heteroatoms. The molecule has 2 heterocycles. The molecule has 0 unspecified atom stereocenters. The minimum absolute atomic E-state index is 0.0430. The highest BCUT2D eigenvalue weighted by atomic mass is 35.7. The summed E-state index contributed by atoms with van der Waals surface area (Å²) in [5.41, 5.74) is 0. The fourth-order valence-corrected chi connectivity index (χ4v) is 2.63. The van der Waals surface area contributed by atoms with E-state index in [9.17, 15) is 18.5 Å². The number of furan rings is 1. The Balaban J connectivity index is 2.57. The van der Waals surface area contributed by atoms with Gasteiger partial charge in [-0.3, -0.25) is 14.7 Å². The van der Waals surface area contributed by atoms with Crippen LogP contribution in [0.3, 0.4) is 0 Å². The molecule has 0 radical (unpaired) electrons. The predicted octanol–water partition coefficient (Wildman–Crippen LogP) is 2.03. The number of hydrogen-bond donors (Lipinski definition) is 0. The largest absolute Gasteiger partial charge is 0.433 e. The molecule has 0 saturated carbocycles. The van der Waals surface area contributed by atoms with Crippen LogP contribution in [0.25, 0.3) is 11.6 Å². The van der Waals surface area contributed by atoms with Gasteiger partial charge in [-0.25, -0.2) is 8.42 Å². The van der Waals surface area contributed by atoms with Crippen LogP contribution in [0.5, 0.6) is 0 Å². The molecular weight excluding hydrogens is 324 g/mol. The average molecular weight is 335 g/mol. The number of rotatable bonds is 5. The van der Waals surface area contributed by atoms with Crippen LogP contribution in [-0.4, -0.2) is 28.1 Å². The Labute approximate surface area is 124 Å². The number of nitro groups is 1. The van der Waals surface area contributed by atoms with Gasteiger partial charge in [-0.2, -0.15) is 0 Å². The molecule has 114 valence electrons. The zero-order valence-electron chi connectivity index (χ0n) is 11.1. The molecule has 0 aliphatic heterocycles. The first-order valence-corrected chi connectivity index (χ1v) is 8.13. The fraction of sp³-hybridized carbons (Fsp3) is 0.400. The molecule has 2 aromatic heterocycles. The molecular formula is C10H11ClN4O5S. The highest BCUT2D eigenvalue weighted by molar-refractivity contribution is 8.13. The maximum absolute atomic E-state index is 11.5. The Morgan fingerprint density at radius 1 is 1.43 bits per heavy atom. The Kier molecular flexibility index (Phi) is 4.01. The van der Waals surface area contributed by atoms with Gasteiger partial charge in [-0.05, 0) is 12.0 Å². The van der Waals surface area contributed by atoms with E-state index >= 15 is 0 Å². The van der Waals surface area contributed by atoms with E-state index in [4.69, 9.17) is 15.1 Å². The molecule has 0 bridgehead atoms. The smallest absolute Gasteiger partial charge is 0.397 e. The normalized spacial score (nSPS) is 12.0. The lowest BCUT2D eigenvalue weighted by molar-refractivity contribution is -0.401. The molecule has 0 aromatic carbocycles. The van der Waals surface area contributed by atoms with Crippen molar-refractivity contribution in [1.82, 2.24) is 14.8 Å². The summed E-state index contributed by atoms with van der Waals surface area (Å²) >= 11 is 0. The molecule has 0 aliphatic rings. The van der Waals surface area contributed by atoms with Crippen molar-refractivity contribution < 1.29 is 17.8 Å². The lowest BCUT2D eigenvalue weighted by Gasteiger charge is -2.09. The number of halogens is 1. The minimum atomic E-state index is -4.09. The van der Waals surface area contributed by atoms with Crippen molar-refractivity contribution in [2.45, 2.75) is 25.5 Å². The van der Waals surface area contributed by atoms with Crippen molar-refractivity contribution in [2.24, 2.45) is 5.92 Å². The van der Waals surface area contributed by atoms with Crippen molar-refractivity contribution >= 4 is 25.6 Å². The number of hydrogen-bond acceptors (Lipinski definition) is 7. The fourth-order valence-electron chi connectivity index (χ4n) is 1.73. The van der Waals surface area contributed by atoms with Crippen LogP contribution < -0.4 is 0 Å². The lowest BCUT2D eigenvalue weighted by atomic mass is 10.2. The summed E-state index contributed by atoms with van der Waals surface area (Å²) in [6.07, 6.45) is 0. The van der Waals surface area contributed by atoms with Gasteiger partial charge in [0.1, 0.15) is 4.92 Å². The van der Waals surface area contributed by atoms with Crippen LogP contribution in [0.15, 0.2) is 21.7 Å². The van der Waals surface area contributed by atoms with Crippen LogP contribution in [0, 0.1) is 16.0 Å². The molecule has 0 amide bonds. The Bertz CT molecular complexity index is 779. The van der Waals surface area contributed by atoms with E-state index in [0.29, 0.717) is 0 Å². The highest BCUT2D eigenvalue weighted by Gasteiger charge is 2.26. The van der Waals surface area contributed by atoms with Crippen LogP contribution in [0.2, 0.25) is 0 Å². The van der Waals surface area contributed by atoms with Crippen LogP contribution in [0.4, 0.5) is 5.88 Å². The second kappa shape index (κ2) is 5.45. The van der Waals surface area contributed by atoms with Gasteiger partial charge >= 0.3 is 5.88 Å². The summed E-state index contributed by atoms with van der Waals surface area (Å²) in [6, 6.07) is 2.47. The summed E-state index contributed by atoms with van der Waals surface area (Å²) < 4.78 is 29.3. The van der Waals surface area contributed by atoms with E-state index in [0.717, 1.165) is 6.07 Å². The third-order valence-electron chi connectivity index (χ3n) is 2.47. The van der Waals surface area contributed by atoms with E-state index in [-0.39, 0.29) is 24.0 Å². The molecule has 0 aliphatic carbocycles.